The van der Waals surface area contributed by atoms with Crippen LogP contribution >= 0.6 is 0 Å². The second-order valence-corrected chi connectivity index (χ2v) is 7.54. The van der Waals surface area contributed by atoms with Gasteiger partial charge >= 0.3 is 6.03 Å². The summed E-state index contributed by atoms with van der Waals surface area (Å²) in [7, 11) is 0. The maximum atomic E-state index is 12.3. The predicted molar refractivity (Wildman–Crippen MR) is 111 cm³/mol. The van der Waals surface area contributed by atoms with Gasteiger partial charge < -0.3 is 20.7 Å². The molecule has 1 aromatic carbocycles. The first-order chi connectivity index (χ1) is 13.6. The number of nitrogens with zero attached hydrogens (tertiary/aromatic N) is 1. The van der Waals surface area contributed by atoms with Crippen LogP contribution in [0.5, 0.6) is 5.75 Å². The maximum Gasteiger partial charge on any atom is 0.312 e. The highest BCUT2D eigenvalue weighted by molar-refractivity contribution is 5.76. The van der Waals surface area contributed by atoms with Crippen LogP contribution in [0.15, 0.2) is 24.3 Å². The van der Waals surface area contributed by atoms with Gasteiger partial charge in [-0.05, 0) is 69.1 Å². The average molecular weight is 390 g/mol. The number of hydrogen-bond acceptors (Lipinski definition) is 3. The highest BCUT2D eigenvalue weighted by Crippen LogP contribution is 2.24. The molecule has 2 rings (SSSR count). The van der Waals surface area contributed by atoms with E-state index in [0.717, 1.165) is 57.4 Å². The number of nitrogens with one attached hydrogen (secondary N) is 1. The molecule has 1 aliphatic rings. The molecule has 1 heterocycles. The number of likely N-dealkylation sites (tertiary alicyclic amines) is 1. The molecule has 1 aromatic rings. The van der Waals surface area contributed by atoms with Crippen molar-refractivity contribution in [2.24, 2.45) is 11.7 Å². The second-order valence-electron chi connectivity index (χ2n) is 7.54. The number of nitrogens with two attached hydrogens (primary N) is 1. The van der Waals surface area contributed by atoms with Crippen molar-refractivity contribution in [1.29, 1.82) is 0 Å². The van der Waals surface area contributed by atoms with Gasteiger partial charge in [-0.25, -0.2) is 4.79 Å². The molecule has 1 aliphatic heterocycles. The van der Waals surface area contributed by atoms with Gasteiger partial charge in [0, 0.05) is 26.1 Å². The van der Waals surface area contributed by atoms with Crippen molar-refractivity contribution in [2.45, 2.75) is 58.3 Å². The van der Waals surface area contributed by atoms with Crippen LogP contribution in [0, 0.1) is 5.92 Å². The molecule has 1 fully saturated rings. The molecule has 0 unspecified atom stereocenters. The largest absolute Gasteiger partial charge is 0.494 e. The number of aryl methyl sites for hydroxylation is 1. The van der Waals surface area contributed by atoms with E-state index in [2.05, 4.69) is 17.4 Å². The van der Waals surface area contributed by atoms with Crippen LogP contribution in [0.4, 0.5) is 4.79 Å². The Morgan fingerprint density at radius 2 is 1.86 bits per heavy atom. The molecule has 0 radical (unpaired) electrons. The fourth-order valence-electron chi connectivity index (χ4n) is 3.71. The fraction of sp³-hybridized carbons (Fsp3) is 0.636. The van der Waals surface area contributed by atoms with Crippen molar-refractivity contribution >= 4 is 11.9 Å². The standard InChI is InChI=1S/C22H35N3O3/c1-2-28-20-11-9-18(10-12-20)7-8-19-13-16-25(17-14-19)21(26)6-4-3-5-15-24-22(23)27/h9-12,19H,2-8,13-17H2,1H3,(H3,23,24,27). The number of rotatable bonds is 11. The molecule has 3 N–H and O–H groups in total. The van der Waals surface area contributed by atoms with Crippen molar-refractivity contribution in [3.05, 3.63) is 29.8 Å². The molecule has 0 bridgehead atoms. The SMILES string of the molecule is CCOc1ccc(CCC2CCN(C(=O)CCCCCNC(N)=O)CC2)cc1. The Kier molecular flexibility index (Phi) is 9.66. The number of benzene rings is 1. The van der Waals surface area contributed by atoms with Crippen molar-refractivity contribution in [2.75, 3.05) is 26.2 Å². The number of unbranched alkanes of at least 4 members (excludes halogenated alkanes) is 2. The van der Waals surface area contributed by atoms with Crippen LogP contribution in [0.1, 0.15) is 57.4 Å². The van der Waals surface area contributed by atoms with Gasteiger partial charge in [0.15, 0.2) is 0 Å². The number of primary amides is 1. The molecule has 0 aliphatic carbocycles. The van der Waals surface area contributed by atoms with Gasteiger partial charge in [-0.2, -0.15) is 0 Å². The van der Waals surface area contributed by atoms with Crippen molar-refractivity contribution < 1.29 is 14.3 Å². The number of amides is 3. The number of urea groups is 1. The highest BCUT2D eigenvalue weighted by Gasteiger charge is 2.22. The summed E-state index contributed by atoms with van der Waals surface area (Å²) in [6.07, 6.45) is 7.75. The van der Waals surface area contributed by atoms with E-state index in [0.29, 0.717) is 25.5 Å². The summed E-state index contributed by atoms with van der Waals surface area (Å²) < 4.78 is 5.49. The van der Waals surface area contributed by atoms with Crippen molar-refractivity contribution in [3.8, 4) is 5.75 Å². The molecular formula is C22H35N3O3. The third kappa shape index (κ3) is 8.19. The summed E-state index contributed by atoms with van der Waals surface area (Å²) in [6.45, 7) is 5.05. The summed E-state index contributed by atoms with van der Waals surface area (Å²) in [4.78, 5) is 24.9. The van der Waals surface area contributed by atoms with Gasteiger partial charge in [0.1, 0.15) is 5.75 Å². The van der Waals surface area contributed by atoms with Crippen molar-refractivity contribution in [1.82, 2.24) is 10.2 Å². The lowest BCUT2D eigenvalue weighted by Crippen LogP contribution is -2.38. The Morgan fingerprint density at radius 3 is 2.50 bits per heavy atom. The molecule has 156 valence electrons. The van der Waals surface area contributed by atoms with E-state index in [1.54, 1.807) is 0 Å². The molecule has 6 nitrogen and oxygen atoms in total. The van der Waals surface area contributed by atoms with Crippen LogP contribution in [0.3, 0.4) is 0 Å². The number of carbonyl (C=O) groups is 2. The lowest BCUT2D eigenvalue weighted by Gasteiger charge is -2.32. The first kappa shape index (κ1) is 22.1. The van der Waals surface area contributed by atoms with Gasteiger partial charge in [0.2, 0.25) is 5.91 Å². The molecule has 0 spiro atoms. The third-order valence-corrected chi connectivity index (χ3v) is 5.41. The summed E-state index contributed by atoms with van der Waals surface area (Å²) in [5, 5.41) is 2.57. The Labute approximate surface area is 168 Å². The Hall–Kier alpha value is -2.24. The molecular weight excluding hydrogens is 354 g/mol. The van der Waals surface area contributed by atoms with E-state index in [-0.39, 0.29) is 5.91 Å². The Balaban J connectivity index is 1.57. The third-order valence-electron chi connectivity index (χ3n) is 5.41. The topological polar surface area (TPSA) is 84.7 Å². The highest BCUT2D eigenvalue weighted by atomic mass is 16.5. The second kappa shape index (κ2) is 12.3. The van der Waals surface area contributed by atoms with E-state index < -0.39 is 6.03 Å². The van der Waals surface area contributed by atoms with E-state index in [1.165, 1.54) is 12.0 Å². The summed E-state index contributed by atoms with van der Waals surface area (Å²) in [5.74, 6) is 1.91. The molecule has 0 saturated carbocycles. The molecule has 6 heteroatoms. The van der Waals surface area contributed by atoms with Gasteiger partial charge in [-0.15, -0.1) is 0 Å². The zero-order valence-electron chi connectivity index (χ0n) is 17.1. The number of piperidine rings is 1. The number of hydrogen-bond donors (Lipinski definition) is 2. The molecule has 28 heavy (non-hydrogen) atoms. The first-order valence-electron chi connectivity index (χ1n) is 10.6. The van der Waals surface area contributed by atoms with Crippen LogP contribution in [0.25, 0.3) is 0 Å². The number of ether oxygens (including phenoxy) is 1. The van der Waals surface area contributed by atoms with E-state index in [9.17, 15) is 9.59 Å². The zero-order valence-corrected chi connectivity index (χ0v) is 17.1. The van der Waals surface area contributed by atoms with Gasteiger partial charge in [0.25, 0.3) is 0 Å². The molecule has 3 amide bonds. The molecule has 1 saturated heterocycles. The summed E-state index contributed by atoms with van der Waals surface area (Å²) in [5.41, 5.74) is 6.37. The van der Waals surface area contributed by atoms with E-state index in [4.69, 9.17) is 10.5 Å². The minimum Gasteiger partial charge on any atom is -0.494 e. The predicted octanol–water partition coefficient (Wildman–Crippen LogP) is 3.49. The number of carbonyl (C=O) groups excluding carboxylic acids is 2. The summed E-state index contributed by atoms with van der Waals surface area (Å²) >= 11 is 0. The monoisotopic (exact) mass is 389 g/mol. The van der Waals surface area contributed by atoms with Gasteiger partial charge in [-0.1, -0.05) is 18.6 Å². The summed E-state index contributed by atoms with van der Waals surface area (Å²) in [6, 6.07) is 7.92. The smallest absolute Gasteiger partial charge is 0.312 e. The Bertz CT molecular complexity index is 596. The maximum absolute atomic E-state index is 12.3. The first-order valence-corrected chi connectivity index (χ1v) is 10.6. The normalized spacial score (nSPS) is 14.7. The van der Waals surface area contributed by atoms with Crippen LogP contribution < -0.4 is 15.8 Å². The zero-order chi connectivity index (χ0) is 20.2. The Morgan fingerprint density at radius 1 is 1.14 bits per heavy atom. The van der Waals surface area contributed by atoms with Gasteiger partial charge in [-0.3, -0.25) is 4.79 Å². The molecule has 0 aromatic heterocycles. The van der Waals surface area contributed by atoms with Crippen molar-refractivity contribution in [3.63, 3.8) is 0 Å². The lowest BCUT2D eigenvalue weighted by molar-refractivity contribution is -0.132. The fourth-order valence-corrected chi connectivity index (χ4v) is 3.71. The van der Waals surface area contributed by atoms with Crippen LogP contribution in [-0.2, 0) is 11.2 Å². The minimum absolute atomic E-state index is 0.271. The van der Waals surface area contributed by atoms with Crippen LogP contribution in [0.2, 0.25) is 0 Å². The quantitative estimate of drug-likeness (QED) is 0.568. The van der Waals surface area contributed by atoms with E-state index in [1.807, 2.05) is 24.0 Å². The average Bonchev–Trinajstić information content (AvgIpc) is 2.70. The lowest BCUT2D eigenvalue weighted by atomic mass is 9.90. The minimum atomic E-state index is -0.485. The van der Waals surface area contributed by atoms with E-state index >= 15 is 0 Å². The molecule has 0 atom stereocenters. The van der Waals surface area contributed by atoms with Crippen LogP contribution in [-0.4, -0.2) is 43.1 Å². The van der Waals surface area contributed by atoms with Gasteiger partial charge in [0.05, 0.1) is 6.61 Å².